The van der Waals surface area contributed by atoms with Gasteiger partial charge in [-0.2, -0.15) is 8.42 Å². The van der Waals surface area contributed by atoms with E-state index in [0.717, 1.165) is 0 Å². The molecule has 0 rings (SSSR count). The molecule has 0 saturated carbocycles. The quantitative estimate of drug-likeness (QED) is 0.391. The molecule has 0 spiro atoms. The van der Waals surface area contributed by atoms with Gasteiger partial charge in [0.1, 0.15) is 6.61 Å². The Hall–Kier alpha value is -0.290. The molecule has 0 aliphatic carbocycles. The van der Waals surface area contributed by atoms with E-state index in [1.807, 2.05) is 0 Å². The zero-order valence-electron chi connectivity index (χ0n) is 7.00. The van der Waals surface area contributed by atoms with Crippen molar-refractivity contribution in [3.05, 3.63) is 0 Å². The van der Waals surface area contributed by atoms with Crippen LogP contribution >= 0.6 is 0 Å². The van der Waals surface area contributed by atoms with Crippen LogP contribution in [0, 0.1) is 0 Å². The smallest absolute Gasteiger partial charge is 0.344 e. The van der Waals surface area contributed by atoms with Gasteiger partial charge in [0.15, 0.2) is 0 Å². The predicted molar refractivity (Wildman–Crippen MR) is 40.9 cm³/mol. The van der Waals surface area contributed by atoms with Gasteiger partial charge in [-0.25, -0.2) is 8.37 Å². The number of hydrogen-bond acceptors (Lipinski definition) is 8. The fourth-order valence-electron chi connectivity index (χ4n) is 0.330. The van der Waals surface area contributed by atoms with E-state index >= 15 is 0 Å². The van der Waals surface area contributed by atoms with E-state index in [4.69, 9.17) is 15.3 Å². The number of rotatable bonds is 5. The van der Waals surface area contributed by atoms with Crippen molar-refractivity contribution in [3.63, 3.8) is 0 Å². The van der Waals surface area contributed by atoms with Crippen molar-refractivity contribution in [3.8, 4) is 0 Å². The van der Waals surface area contributed by atoms with Gasteiger partial charge in [0.2, 0.25) is 0 Å². The summed E-state index contributed by atoms with van der Waals surface area (Å²) in [5.74, 6) is -3.18. The maximum Gasteiger partial charge on any atom is 0.400 e. The van der Waals surface area contributed by atoms with Gasteiger partial charge in [0.25, 0.3) is 0 Å². The lowest BCUT2D eigenvalue weighted by molar-refractivity contribution is -0.322. The lowest BCUT2D eigenvalue weighted by atomic mass is 10.6. The average molecular weight is 219 g/mol. The Morgan fingerprint density at radius 1 is 1.23 bits per heavy atom. The maximum atomic E-state index is 10.5. The molecule has 0 aromatic heterocycles. The van der Waals surface area contributed by atoms with Crippen LogP contribution in [0.2, 0.25) is 0 Å². The van der Waals surface area contributed by atoms with Gasteiger partial charge in [-0.3, -0.25) is 0 Å². The van der Waals surface area contributed by atoms with Crippen molar-refractivity contribution < 1.29 is 32.1 Å². The second-order valence-corrected chi connectivity index (χ2v) is 3.14. The summed E-state index contributed by atoms with van der Waals surface area (Å²) >= 11 is 0. The van der Waals surface area contributed by atoms with Crippen LogP contribution in [-0.4, -0.2) is 42.9 Å². The van der Waals surface area contributed by atoms with E-state index in [0.29, 0.717) is 0 Å². The second kappa shape index (κ2) is 5.44. The third-order valence-corrected chi connectivity index (χ3v) is 1.59. The van der Waals surface area contributed by atoms with E-state index in [1.54, 1.807) is 0 Å². The summed E-state index contributed by atoms with van der Waals surface area (Å²) in [6.07, 6.45) is 0. The maximum absolute atomic E-state index is 10.5. The van der Waals surface area contributed by atoms with E-state index in [9.17, 15) is 8.42 Å². The third-order valence-electron chi connectivity index (χ3n) is 0.659. The van der Waals surface area contributed by atoms with Gasteiger partial charge < -0.3 is 21.5 Å². The van der Waals surface area contributed by atoms with Gasteiger partial charge in [-0.15, -0.1) is 0 Å². The van der Waals surface area contributed by atoms with E-state index in [1.165, 1.54) is 6.92 Å². The molecule has 0 aromatic carbocycles. The standard InChI is InChI=1S/C4H10O7S.H3N/c1-2-10-12(8,9)11-3-4(5,6)7;/h5-7H,2-3H2,1H3;1H3. The molecule has 0 amide bonds. The zero-order chi connectivity index (χ0) is 9.83. The Morgan fingerprint density at radius 2 is 1.69 bits per heavy atom. The van der Waals surface area contributed by atoms with Crippen LogP contribution < -0.4 is 6.15 Å². The normalized spacial score (nSPS) is 12.3. The molecule has 0 unspecified atom stereocenters. The molecule has 0 bridgehead atoms. The molecule has 82 valence electrons. The number of aliphatic hydroxyl groups is 3. The average Bonchev–Trinajstić information content (AvgIpc) is 1.83. The van der Waals surface area contributed by atoms with E-state index < -0.39 is 23.0 Å². The van der Waals surface area contributed by atoms with Crippen molar-refractivity contribution in [2.45, 2.75) is 12.9 Å². The highest BCUT2D eigenvalue weighted by Crippen LogP contribution is 2.00. The first-order valence-corrected chi connectivity index (χ1v) is 4.31. The molecule has 6 N–H and O–H groups in total. The molecule has 9 heteroatoms. The summed E-state index contributed by atoms with van der Waals surface area (Å²) in [7, 11) is -4.24. The summed E-state index contributed by atoms with van der Waals surface area (Å²) in [5.41, 5.74) is 0. The molecule has 13 heavy (non-hydrogen) atoms. The Kier molecular flexibility index (Phi) is 6.36. The second-order valence-electron chi connectivity index (χ2n) is 1.85. The summed E-state index contributed by atoms with van der Waals surface area (Å²) < 4.78 is 28.9. The highest BCUT2D eigenvalue weighted by Gasteiger charge is 2.23. The third kappa shape index (κ3) is 9.63. The van der Waals surface area contributed by atoms with Crippen LogP contribution in [0.5, 0.6) is 0 Å². The van der Waals surface area contributed by atoms with Crippen molar-refractivity contribution in [1.29, 1.82) is 0 Å². The molecule has 0 aromatic rings. The van der Waals surface area contributed by atoms with E-state index in [-0.39, 0.29) is 12.8 Å². The molecule has 0 radical (unpaired) electrons. The van der Waals surface area contributed by atoms with E-state index in [2.05, 4.69) is 8.37 Å². The minimum atomic E-state index is -4.24. The largest absolute Gasteiger partial charge is 0.400 e. The minimum absolute atomic E-state index is 0. The van der Waals surface area contributed by atoms with Crippen molar-refractivity contribution in [2.24, 2.45) is 0 Å². The molecule has 0 fully saturated rings. The van der Waals surface area contributed by atoms with Crippen LogP contribution in [0.3, 0.4) is 0 Å². The van der Waals surface area contributed by atoms with Crippen LogP contribution in [0.25, 0.3) is 0 Å². The van der Waals surface area contributed by atoms with Crippen molar-refractivity contribution in [1.82, 2.24) is 6.15 Å². The van der Waals surface area contributed by atoms with Gasteiger partial charge in [0.05, 0.1) is 6.61 Å². The lowest BCUT2D eigenvalue weighted by Gasteiger charge is -2.12. The van der Waals surface area contributed by atoms with Gasteiger partial charge in [0, 0.05) is 0 Å². The fourth-order valence-corrected chi connectivity index (χ4v) is 0.989. The summed E-state index contributed by atoms with van der Waals surface area (Å²) in [4.78, 5) is 0. The predicted octanol–water partition coefficient (Wildman–Crippen LogP) is -1.92. The molecule has 0 heterocycles. The van der Waals surface area contributed by atoms with Crippen LogP contribution in [0.1, 0.15) is 6.92 Å². The monoisotopic (exact) mass is 219 g/mol. The first kappa shape index (κ1) is 15.2. The SMILES string of the molecule is CCOS(=O)(=O)OCC(O)(O)O.N. The van der Waals surface area contributed by atoms with Crippen LogP contribution in [-0.2, 0) is 18.8 Å². The summed E-state index contributed by atoms with van der Waals surface area (Å²) in [6.45, 7) is 0.0674. The fraction of sp³-hybridized carbons (Fsp3) is 1.00. The highest BCUT2D eigenvalue weighted by atomic mass is 32.3. The molecular formula is C4H13NO7S. The molecule has 0 atom stereocenters. The zero-order valence-corrected chi connectivity index (χ0v) is 7.82. The first-order chi connectivity index (χ1) is 5.27. The highest BCUT2D eigenvalue weighted by molar-refractivity contribution is 7.81. The Bertz CT molecular complexity index is 217. The Morgan fingerprint density at radius 3 is 2.00 bits per heavy atom. The minimum Gasteiger partial charge on any atom is -0.344 e. The lowest BCUT2D eigenvalue weighted by Crippen LogP contribution is -2.34. The summed E-state index contributed by atoms with van der Waals surface area (Å²) in [6, 6.07) is 0. The first-order valence-electron chi connectivity index (χ1n) is 2.98. The molecular weight excluding hydrogens is 206 g/mol. The van der Waals surface area contributed by atoms with Crippen LogP contribution in [0.15, 0.2) is 0 Å². The molecule has 0 saturated heterocycles. The van der Waals surface area contributed by atoms with Crippen LogP contribution in [0.4, 0.5) is 0 Å². The van der Waals surface area contributed by atoms with Gasteiger partial charge in [-0.05, 0) is 6.92 Å². The summed E-state index contributed by atoms with van der Waals surface area (Å²) in [5, 5.41) is 24.6. The molecule has 0 aliphatic rings. The van der Waals surface area contributed by atoms with Crippen molar-refractivity contribution >= 4 is 10.4 Å². The topological polar surface area (TPSA) is 148 Å². The Labute approximate surface area is 75.6 Å². The van der Waals surface area contributed by atoms with Gasteiger partial charge >= 0.3 is 16.4 Å². The van der Waals surface area contributed by atoms with Crippen molar-refractivity contribution in [2.75, 3.05) is 13.2 Å². The molecule has 0 aliphatic heterocycles. The molecule has 8 nitrogen and oxygen atoms in total. The Balaban J connectivity index is 0. The van der Waals surface area contributed by atoms with Gasteiger partial charge in [-0.1, -0.05) is 0 Å². The number of hydrogen-bond donors (Lipinski definition) is 4.